The van der Waals surface area contributed by atoms with Crippen molar-refractivity contribution < 1.29 is 24.1 Å². The zero-order valence-electron chi connectivity index (χ0n) is 17.7. The standard InChI is InChI=1S/C23H39FO4/c1-4-5-16-23(27,18(2)24)17-10-11-19-14-15-21(25)20(19)12-8-6-7-9-13-22(26)28-3/h10-11,19-21,25,27H,2,4-9,12-17H2,1,3H3/t19-,20+,21+,23?/m0/s1. The number of ether oxygens (including phenoxy) is 1. The predicted octanol–water partition coefficient (Wildman–Crippen LogP) is 5.24. The Hall–Kier alpha value is -1.20. The number of aliphatic hydroxyl groups is 2. The van der Waals surface area contributed by atoms with Gasteiger partial charge in [0.1, 0.15) is 11.4 Å². The summed E-state index contributed by atoms with van der Waals surface area (Å²) in [4.78, 5) is 11.1. The highest BCUT2D eigenvalue weighted by molar-refractivity contribution is 5.68. The zero-order chi connectivity index (χ0) is 21.0. The molecule has 0 heterocycles. The maximum atomic E-state index is 13.7. The third-order valence-electron chi connectivity index (χ3n) is 6.02. The Kier molecular flexibility index (Phi) is 11.6. The Bertz CT molecular complexity index is 505. The molecule has 1 aliphatic rings. The molecule has 1 rings (SSSR count). The first-order chi connectivity index (χ1) is 13.3. The summed E-state index contributed by atoms with van der Waals surface area (Å²) in [6.07, 6.45) is 12.9. The van der Waals surface area contributed by atoms with Crippen LogP contribution >= 0.6 is 0 Å². The van der Waals surface area contributed by atoms with Crippen LogP contribution in [-0.2, 0) is 9.53 Å². The van der Waals surface area contributed by atoms with Gasteiger partial charge in [-0.15, -0.1) is 0 Å². The molecule has 0 saturated heterocycles. The second kappa shape index (κ2) is 13.1. The van der Waals surface area contributed by atoms with Crippen LogP contribution in [0.1, 0.15) is 84.0 Å². The van der Waals surface area contributed by atoms with Gasteiger partial charge in [-0.25, -0.2) is 4.39 Å². The summed E-state index contributed by atoms with van der Waals surface area (Å²) in [5.74, 6) is -0.339. The van der Waals surface area contributed by atoms with E-state index in [0.29, 0.717) is 12.8 Å². The van der Waals surface area contributed by atoms with Gasteiger partial charge in [-0.05, 0) is 43.9 Å². The fourth-order valence-corrected chi connectivity index (χ4v) is 4.08. The highest BCUT2D eigenvalue weighted by atomic mass is 19.1. The van der Waals surface area contributed by atoms with E-state index in [9.17, 15) is 19.4 Å². The lowest BCUT2D eigenvalue weighted by molar-refractivity contribution is -0.140. The number of aliphatic hydroxyl groups excluding tert-OH is 1. The van der Waals surface area contributed by atoms with Crippen LogP contribution < -0.4 is 0 Å². The van der Waals surface area contributed by atoms with Crippen molar-refractivity contribution in [1.29, 1.82) is 0 Å². The Morgan fingerprint density at radius 1 is 1.25 bits per heavy atom. The van der Waals surface area contributed by atoms with Gasteiger partial charge in [-0.1, -0.05) is 57.8 Å². The van der Waals surface area contributed by atoms with Gasteiger partial charge in [-0.2, -0.15) is 0 Å². The molecule has 1 unspecified atom stereocenters. The van der Waals surface area contributed by atoms with Crippen LogP contribution in [0.3, 0.4) is 0 Å². The van der Waals surface area contributed by atoms with Gasteiger partial charge in [0.2, 0.25) is 0 Å². The molecule has 28 heavy (non-hydrogen) atoms. The molecule has 0 spiro atoms. The van der Waals surface area contributed by atoms with Gasteiger partial charge in [0, 0.05) is 12.8 Å². The van der Waals surface area contributed by atoms with Crippen LogP contribution in [0, 0.1) is 11.8 Å². The molecule has 0 aromatic carbocycles. The van der Waals surface area contributed by atoms with Gasteiger partial charge >= 0.3 is 5.97 Å². The molecule has 4 nitrogen and oxygen atoms in total. The van der Waals surface area contributed by atoms with E-state index in [1.807, 2.05) is 13.0 Å². The second-order valence-electron chi connectivity index (χ2n) is 8.17. The highest BCUT2D eigenvalue weighted by Crippen LogP contribution is 2.37. The molecule has 0 aromatic rings. The first-order valence-corrected chi connectivity index (χ1v) is 10.8. The molecule has 0 aliphatic heterocycles. The van der Waals surface area contributed by atoms with Gasteiger partial charge in [0.15, 0.2) is 0 Å². The number of rotatable bonds is 14. The number of allylic oxidation sites excluding steroid dienone is 1. The number of halogens is 1. The number of carbonyl (C=O) groups is 1. The van der Waals surface area contributed by atoms with Crippen LogP contribution in [0.15, 0.2) is 24.6 Å². The summed E-state index contributed by atoms with van der Waals surface area (Å²) < 4.78 is 18.3. The molecular weight excluding hydrogens is 359 g/mol. The summed E-state index contributed by atoms with van der Waals surface area (Å²) in [5.41, 5.74) is -1.47. The van der Waals surface area contributed by atoms with Crippen LogP contribution in [0.4, 0.5) is 4.39 Å². The summed E-state index contributed by atoms with van der Waals surface area (Å²) in [6.45, 7) is 5.33. The van der Waals surface area contributed by atoms with Crippen molar-refractivity contribution in [1.82, 2.24) is 0 Å². The molecule has 5 heteroatoms. The van der Waals surface area contributed by atoms with Crippen molar-refractivity contribution in [2.24, 2.45) is 11.8 Å². The molecule has 1 fully saturated rings. The number of unbranched alkanes of at least 4 members (excludes halogenated alkanes) is 4. The molecule has 162 valence electrons. The SMILES string of the molecule is C=C(F)C(O)(CC=C[C@H]1CC[C@@H](O)[C@@H]1CCCCCCC(=O)OC)CCCC. The largest absolute Gasteiger partial charge is 0.469 e. The first kappa shape index (κ1) is 24.8. The minimum Gasteiger partial charge on any atom is -0.469 e. The van der Waals surface area contributed by atoms with E-state index in [2.05, 4.69) is 17.4 Å². The van der Waals surface area contributed by atoms with Crippen molar-refractivity contribution in [3.63, 3.8) is 0 Å². The summed E-state index contributed by atoms with van der Waals surface area (Å²) in [5, 5.41) is 20.8. The van der Waals surface area contributed by atoms with Crippen LogP contribution in [-0.4, -0.2) is 35.0 Å². The Labute approximate surface area is 169 Å². The fraction of sp³-hybridized carbons (Fsp3) is 0.783. The fourth-order valence-electron chi connectivity index (χ4n) is 4.08. The lowest BCUT2D eigenvalue weighted by atomic mass is 9.87. The van der Waals surface area contributed by atoms with E-state index in [0.717, 1.165) is 57.8 Å². The molecule has 0 aromatic heterocycles. The summed E-state index contributed by atoms with van der Waals surface area (Å²) >= 11 is 0. The van der Waals surface area contributed by atoms with E-state index >= 15 is 0 Å². The van der Waals surface area contributed by atoms with E-state index in [1.54, 1.807) is 0 Å². The molecule has 4 atom stereocenters. The Morgan fingerprint density at radius 3 is 2.61 bits per heavy atom. The third kappa shape index (κ3) is 8.44. The van der Waals surface area contributed by atoms with Crippen LogP contribution in [0.5, 0.6) is 0 Å². The maximum absolute atomic E-state index is 13.7. The molecule has 1 aliphatic carbocycles. The second-order valence-corrected chi connectivity index (χ2v) is 8.17. The molecule has 0 amide bonds. The monoisotopic (exact) mass is 398 g/mol. The molecule has 0 radical (unpaired) electrons. The van der Waals surface area contributed by atoms with Gasteiger partial charge < -0.3 is 14.9 Å². The van der Waals surface area contributed by atoms with Crippen molar-refractivity contribution >= 4 is 5.97 Å². The Morgan fingerprint density at radius 2 is 1.96 bits per heavy atom. The number of hydrogen-bond donors (Lipinski definition) is 2. The molecule has 1 saturated carbocycles. The lowest BCUT2D eigenvalue weighted by Crippen LogP contribution is -2.28. The van der Waals surface area contributed by atoms with E-state index in [1.165, 1.54) is 7.11 Å². The molecular formula is C23H39FO4. The van der Waals surface area contributed by atoms with Crippen molar-refractivity contribution in [3.05, 3.63) is 24.6 Å². The number of esters is 1. The third-order valence-corrected chi connectivity index (χ3v) is 6.02. The number of carbonyl (C=O) groups excluding carboxylic acids is 1. The van der Waals surface area contributed by atoms with E-state index in [-0.39, 0.29) is 30.3 Å². The minimum absolute atomic E-state index is 0.161. The predicted molar refractivity (Wildman–Crippen MR) is 110 cm³/mol. The van der Waals surface area contributed by atoms with Gasteiger partial charge in [0.25, 0.3) is 0 Å². The average molecular weight is 399 g/mol. The minimum atomic E-state index is -1.47. The van der Waals surface area contributed by atoms with E-state index < -0.39 is 11.4 Å². The topological polar surface area (TPSA) is 66.8 Å². The molecule has 0 bridgehead atoms. The quantitative estimate of drug-likeness (QED) is 0.239. The Balaban J connectivity index is 2.43. The van der Waals surface area contributed by atoms with Crippen LogP contribution in [0.25, 0.3) is 0 Å². The van der Waals surface area contributed by atoms with Crippen LogP contribution in [0.2, 0.25) is 0 Å². The van der Waals surface area contributed by atoms with E-state index in [4.69, 9.17) is 0 Å². The van der Waals surface area contributed by atoms with Crippen molar-refractivity contribution in [3.8, 4) is 0 Å². The maximum Gasteiger partial charge on any atom is 0.305 e. The lowest BCUT2D eigenvalue weighted by Gasteiger charge is -2.25. The average Bonchev–Trinajstić information content (AvgIpc) is 3.02. The smallest absolute Gasteiger partial charge is 0.305 e. The first-order valence-electron chi connectivity index (χ1n) is 10.8. The van der Waals surface area contributed by atoms with Crippen molar-refractivity contribution in [2.75, 3.05) is 7.11 Å². The highest BCUT2D eigenvalue weighted by Gasteiger charge is 2.33. The van der Waals surface area contributed by atoms with Crippen molar-refractivity contribution in [2.45, 2.75) is 95.7 Å². The van der Waals surface area contributed by atoms with Gasteiger partial charge in [0.05, 0.1) is 13.2 Å². The normalized spacial score (nSPS) is 24.4. The molecule has 2 N–H and O–H groups in total. The number of methoxy groups -OCH3 is 1. The number of hydrogen-bond acceptors (Lipinski definition) is 4. The summed E-state index contributed by atoms with van der Waals surface area (Å²) in [6, 6.07) is 0. The van der Waals surface area contributed by atoms with Gasteiger partial charge in [-0.3, -0.25) is 4.79 Å². The summed E-state index contributed by atoms with van der Waals surface area (Å²) in [7, 11) is 1.41. The zero-order valence-corrected chi connectivity index (χ0v) is 17.7.